The first kappa shape index (κ1) is 32.6. The summed E-state index contributed by atoms with van der Waals surface area (Å²) in [7, 11) is -0.917. The third kappa shape index (κ3) is 8.99. The van der Waals surface area contributed by atoms with Crippen LogP contribution in [0.4, 0.5) is 8.78 Å². The van der Waals surface area contributed by atoms with Crippen LogP contribution in [0.25, 0.3) is 0 Å². The summed E-state index contributed by atoms with van der Waals surface area (Å²) in [6, 6.07) is 7.36. The molecule has 0 aliphatic carbocycles. The maximum Gasteiger partial charge on any atom is 0.312 e. The number of benzene rings is 2. The van der Waals surface area contributed by atoms with E-state index in [1.54, 1.807) is 0 Å². The number of nitrogens with zero attached hydrogens (tertiary/aromatic N) is 3. The Morgan fingerprint density at radius 3 is 2.20 bits per heavy atom. The lowest BCUT2D eigenvalue weighted by Crippen LogP contribution is -2.48. The van der Waals surface area contributed by atoms with Crippen LogP contribution in [0.1, 0.15) is 19.3 Å². The van der Waals surface area contributed by atoms with Gasteiger partial charge in [0.1, 0.15) is 16.7 Å². The van der Waals surface area contributed by atoms with E-state index in [0.717, 1.165) is 40.6 Å². The molecule has 1 aliphatic heterocycles. The van der Waals surface area contributed by atoms with Crippen LogP contribution in [0.15, 0.2) is 41.3 Å². The lowest BCUT2D eigenvalue weighted by Gasteiger charge is -2.29. The van der Waals surface area contributed by atoms with Crippen molar-refractivity contribution in [3.63, 3.8) is 0 Å². The van der Waals surface area contributed by atoms with E-state index in [4.69, 9.17) is 21.5 Å². The molecule has 3 rings (SSSR count). The number of terminal acetylenes is 1. The number of hydrogen-bond donors (Lipinski definition) is 2. The second kappa shape index (κ2) is 15.9. The SMILES string of the molecule is C#C.CN(CCN(CC(=O)NO)S(=O)c1cc(F)c(Oc2ccc(Cl)cc2)c(F)c1)C(=O)C(=O)N1CCCCC1. The summed E-state index contributed by atoms with van der Waals surface area (Å²) < 4.78 is 48.9. The molecular weight excluding hydrogens is 570 g/mol. The van der Waals surface area contributed by atoms with Crippen molar-refractivity contribution in [2.75, 3.05) is 39.8 Å². The van der Waals surface area contributed by atoms with Gasteiger partial charge in [0.05, 0.1) is 11.4 Å². The molecule has 3 amide bonds. The van der Waals surface area contributed by atoms with Crippen LogP contribution >= 0.6 is 11.6 Å². The molecule has 1 aliphatic rings. The van der Waals surface area contributed by atoms with Crippen molar-refractivity contribution >= 4 is 40.3 Å². The number of rotatable bonds is 9. The number of hydrogen-bond acceptors (Lipinski definition) is 6. The van der Waals surface area contributed by atoms with E-state index in [2.05, 4.69) is 12.8 Å². The first-order chi connectivity index (χ1) is 19.1. The molecule has 40 heavy (non-hydrogen) atoms. The van der Waals surface area contributed by atoms with Crippen LogP contribution in [0, 0.1) is 24.5 Å². The standard InChI is InChI=1S/C24H27ClF2N4O6S.C2H2/c1-29(23(33)24(34)30-9-3-2-4-10-30)11-12-31(15-21(32)28-35)38(36)18-13-19(26)22(20(27)14-18)37-17-7-5-16(25)6-8-17;1-2/h5-8,13-14,35H,2-4,9-12,15H2,1H3,(H,28,32);1-2H. The minimum atomic E-state index is -2.29. The van der Waals surface area contributed by atoms with E-state index in [1.807, 2.05) is 0 Å². The number of piperidine rings is 1. The van der Waals surface area contributed by atoms with Gasteiger partial charge in [-0.1, -0.05) is 11.6 Å². The topological polar surface area (TPSA) is 119 Å². The van der Waals surface area contributed by atoms with Crippen molar-refractivity contribution in [2.45, 2.75) is 24.2 Å². The van der Waals surface area contributed by atoms with Crippen molar-refractivity contribution in [1.82, 2.24) is 19.6 Å². The van der Waals surface area contributed by atoms with Gasteiger partial charge in [0, 0.05) is 38.2 Å². The molecule has 1 fully saturated rings. The lowest BCUT2D eigenvalue weighted by molar-refractivity contribution is -0.151. The normalized spacial score (nSPS) is 13.6. The summed E-state index contributed by atoms with van der Waals surface area (Å²) in [6.45, 7) is -0.00888. The third-order valence-corrected chi connectivity index (χ3v) is 7.42. The van der Waals surface area contributed by atoms with Gasteiger partial charge >= 0.3 is 11.8 Å². The molecule has 1 heterocycles. The number of carbonyl (C=O) groups excluding carboxylic acids is 3. The predicted octanol–water partition coefficient (Wildman–Crippen LogP) is 2.96. The molecular formula is C26H29ClF2N4O6S. The average Bonchev–Trinajstić information content (AvgIpc) is 2.97. The van der Waals surface area contributed by atoms with Crippen LogP contribution in [0.3, 0.4) is 0 Å². The van der Waals surface area contributed by atoms with Crippen LogP contribution in [0.2, 0.25) is 5.02 Å². The molecule has 2 aromatic carbocycles. The van der Waals surface area contributed by atoms with Gasteiger partial charge in [0.25, 0.3) is 5.91 Å². The smallest absolute Gasteiger partial charge is 0.312 e. The summed E-state index contributed by atoms with van der Waals surface area (Å²) in [6.07, 6.45) is 10.6. The molecule has 0 aromatic heterocycles. The van der Waals surface area contributed by atoms with Gasteiger partial charge in [-0.25, -0.2) is 22.8 Å². The Hall–Kier alpha value is -3.57. The number of amides is 3. The quantitative estimate of drug-likeness (QED) is 0.198. The fourth-order valence-corrected chi connectivity index (χ4v) is 4.99. The molecule has 0 bridgehead atoms. The molecule has 2 aromatic rings. The summed E-state index contributed by atoms with van der Waals surface area (Å²) in [5.74, 6) is -5.27. The molecule has 2 N–H and O–H groups in total. The van der Waals surface area contributed by atoms with Crippen LogP contribution < -0.4 is 10.2 Å². The maximum atomic E-state index is 14.8. The largest absolute Gasteiger partial charge is 0.451 e. The van der Waals surface area contributed by atoms with Crippen molar-refractivity contribution in [1.29, 1.82) is 0 Å². The van der Waals surface area contributed by atoms with Crippen molar-refractivity contribution < 1.29 is 37.3 Å². The second-order valence-corrected chi connectivity index (χ2v) is 10.4. The molecule has 0 radical (unpaired) electrons. The highest BCUT2D eigenvalue weighted by Gasteiger charge is 2.28. The van der Waals surface area contributed by atoms with E-state index < -0.39 is 52.6 Å². The van der Waals surface area contributed by atoms with Crippen molar-refractivity contribution in [3.8, 4) is 24.3 Å². The number of nitrogens with one attached hydrogen (secondary N) is 1. The van der Waals surface area contributed by atoms with E-state index in [0.29, 0.717) is 18.1 Å². The van der Waals surface area contributed by atoms with E-state index in [1.165, 1.54) is 41.7 Å². The highest BCUT2D eigenvalue weighted by Crippen LogP contribution is 2.30. The van der Waals surface area contributed by atoms with E-state index in [9.17, 15) is 27.4 Å². The molecule has 0 saturated carbocycles. The molecule has 1 atom stereocenters. The molecule has 14 heteroatoms. The minimum Gasteiger partial charge on any atom is -0.451 e. The summed E-state index contributed by atoms with van der Waals surface area (Å²) in [5, 5.41) is 9.32. The van der Waals surface area contributed by atoms with Gasteiger partial charge < -0.3 is 14.5 Å². The van der Waals surface area contributed by atoms with Crippen LogP contribution in [0.5, 0.6) is 11.5 Å². The van der Waals surface area contributed by atoms with Crippen molar-refractivity contribution in [3.05, 3.63) is 53.1 Å². The van der Waals surface area contributed by atoms with Gasteiger partial charge in [-0.15, -0.1) is 12.8 Å². The highest BCUT2D eigenvalue weighted by atomic mass is 35.5. The monoisotopic (exact) mass is 598 g/mol. The zero-order valence-corrected chi connectivity index (χ0v) is 23.2. The second-order valence-electron chi connectivity index (χ2n) is 8.50. The van der Waals surface area contributed by atoms with E-state index >= 15 is 0 Å². The van der Waals surface area contributed by atoms with Crippen LogP contribution in [-0.2, 0) is 25.4 Å². The van der Waals surface area contributed by atoms with Gasteiger partial charge in [-0.3, -0.25) is 19.6 Å². The first-order valence-electron chi connectivity index (χ1n) is 12.0. The molecule has 10 nitrogen and oxygen atoms in total. The number of likely N-dealkylation sites (tertiary alicyclic amines) is 1. The number of ether oxygens (including phenoxy) is 1. The number of hydroxylamine groups is 1. The molecule has 1 saturated heterocycles. The Labute approximate surface area is 238 Å². The zero-order valence-electron chi connectivity index (χ0n) is 21.6. The van der Waals surface area contributed by atoms with Gasteiger partial charge in [0.2, 0.25) is 0 Å². The zero-order chi connectivity index (χ0) is 29.8. The fraction of sp³-hybridized carbons (Fsp3) is 0.346. The Kier molecular flexibility index (Phi) is 13.0. The highest BCUT2D eigenvalue weighted by molar-refractivity contribution is 7.82. The van der Waals surface area contributed by atoms with Gasteiger partial charge in [-0.2, -0.15) is 0 Å². The molecule has 0 spiro atoms. The average molecular weight is 599 g/mol. The summed E-state index contributed by atoms with van der Waals surface area (Å²) in [5.41, 5.74) is 1.40. The Morgan fingerprint density at radius 1 is 1.07 bits per heavy atom. The predicted molar refractivity (Wildman–Crippen MR) is 144 cm³/mol. The van der Waals surface area contributed by atoms with Gasteiger partial charge in [0.15, 0.2) is 17.4 Å². The maximum absolute atomic E-state index is 14.8. The molecule has 1 unspecified atom stereocenters. The lowest BCUT2D eigenvalue weighted by atomic mass is 10.1. The third-order valence-electron chi connectivity index (χ3n) is 5.74. The van der Waals surface area contributed by atoms with Crippen molar-refractivity contribution in [2.24, 2.45) is 0 Å². The van der Waals surface area contributed by atoms with Crippen LogP contribution in [-0.4, -0.2) is 81.0 Å². The summed E-state index contributed by atoms with van der Waals surface area (Å²) >= 11 is 5.80. The fourth-order valence-electron chi connectivity index (χ4n) is 3.68. The number of halogens is 3. The number of likely N-dealkylation sites (N-methyl/N-ethyl adjacent to an activating group) is 1. The Balaban J connectivity index is 0.00000274. The summed E-state index contributed by atoms with van der Waals surface area (Å²) in [4.78, 5) is 39.1. The van der Waals surface area contributed by atoms with E-state index in [-0.39, 0.29) is 23.7 Å². The Morgan fingerprint density at radius 2 is 1.65 bits per heavy atom. The Bertz CT molecular complexity index is 1220. The number of carbonyl (C=O) groups is 3. The first-order valence-corrected chi connectivity index (χ1v) is 13.5. The minimum absolute atomic E-state index is 0.120. The molecule has 216 valence electrons. The van der Waals surface area contributed by atoms with Gasteiger partial charge in [-0.05, 0) is 55.7 Å².